The van der Waals surface area contributed by atoms with Gasteiger partial charge in [0.1, 0.15) is 4.88 Å². The summed E-state index contributed by atoms with van der Waals surface area (Å²) in [5.74, 6) is -0.0928. The Bertz CT molecular complexity index is 961. The number of nitrogens with zero attached hydrogens (tertiary/aromatic N) is 3. The number of ether oxygens (including phenoxy) is 1. The highest BCUT2D eigenvalue weighted by Crippen LogP contribution is 2.24. The number of carbonyl (C=O) groups excluding carboxylic acids is 1. The van der Waals surface area contributed by atoms with Crippen LogP contribution in [0.15, 0.2) is 36.7 Å². The number of carbonyl (C=O) groups is 1. The van der Waals surface area contributed by atoms with E-state index in [0.717, 1.165) is 36.8 Å². The van der Waals surface area contributed by atoms with Gasteiger partial charge >= 0.3 is 0 Å². The summed E-state index contributed by atoms with van der Waals surface area (Å²) in [6.07, 6.45) is 4.40. The van der Waals surface area contributed by atoms with Crippen LogP contribution >= 0.6 is 11.3 Å². The molecule has 8 heteroatoms. The van der Waals surface area contributed by atoms with Gasteiger partial charge in [-0.25, -0.2) is 4.98 Å². The van der Waals surface area contributed by atoms with E-state index in [4.69, 9.17) is 4.74 Å². The predicted molar refractivity (Wildman–Crippen MR) is 117 cm³/mol. The van der Waals surface area contributed by atoms with Gasteiger partial charge in [0.25, 0.3) is 5.91 Å². The molecule has 1 saturated heterocycles. The number of anilines is 1. The standard InChI is InChI=1S/C21H27N5O2S/c1-25-7-9-26(10-8-25)21-23-13-19(29-21)20(27)24-16(14-28-2)11-15-12-22-18-6-4-3-5-17(15)18/h3-6,12-13,16,22H,7-11,14H2,1-2H3,(H,24,27). The van der Waals surface area contributed by atoms with Gasteiger partial charge in [-0.05, 0) is 25.1 Å². The molecule has 2 aromatic heterocycles. The van der Waals surface area contributed by atoms with Gasteiger partial charge in [0.05, 0.1) is 18.8 Å². The quantitative estimate of drug-likeness (QED) is 0.622. The second kappa shape index (κ2) is 8.94. The fraction of sp³-hybridized carbons (Fsp3) is 0.429. The first kappa shape index (κ1) is 19.9. The number of hydrogen-bond acceptors (Lipinski definition) is 6. The lowest BCUT2D eigenvalue weighted by Crippen LogP contribution is -2.44. The van der Waals surface area contributed by atoms with Crippen LogP contribution in [-0.4, -0.2) is 73.8 Å². The Labute approximate surface area is 174 Å². The van der Waals surface area contributed by atoms with Gasteiger partial charge in [0, 0.05) is 50.4 Å². The first-order valence-corrected chi connectivity index (χ1v) is 10.7. The lowest BCUT2D eigenvalue weighted by molar-refractivity contribution is 0.0901. The minimum absolute atomic E-state index is 0.0928. The number of benzene rings is 1. The van der Waals surface area contributed by atoms with Gasteiger partial charge in [0.15, 0.2) is 5.13 Å². The number of H-pyrrole nitrogens is 1. The van der Waals surface area contributed by atoms with Crippen LogP contribution in [-0.2, 0) is 11.2 Å². The summed E-state index contributed by atoms with van der Waals surface area (Å²) < 4.78 is 5.36. The predicted octanol–water partition coefficient (Wildman–Crippen LogP) is 2.36. The molecule has 7 nitrogen and oxygen atoms in total. The molecule has 1 atom stereocenters. The van der Waals surface area contributed by atoms with Gasteiger partial charge in [-0.3, -0.25) is 4.79 Å². The highest BCUT2D eigenvalue weighted by atomic mass is 32.1. The molecule has 154 valence electrons. The van der Waals surface area contributed by atoms with Crippen molar-refractivity contribution in [2.45, 2.75) is 12.5 Å². The maximum atomic E-state index is 12.8. The summed E-state index contributed by atoms with van der Waals surface area (Å²) >= 11 is 1.46. The topological polar surface area (TPSA) is 73.5 Å². The van der Waals surface area contributed by atoms with Crippen molar-refractivity contribution < 1.29 is 9.53 Å². The number of likely N-dealkylation sites (N-methyl/N-ethyl adjacent to an activating group) is 1. The number of piperazine rings is 1. The maximum Gasteiger partial charge on any atom is 0.263 e. The largest absolute Gasteiger partial charge is 0.383 e. The Balaban J connectivity index is 1.42. The third kappa shape index (κ3) is 4.60. The molecule has 2 N–H and O–H groups in total. The van der Waals surface area contributed by atoms with E-state index in [1.807, 2.05) is 18.3 Å². The molecule has 3 aromatic rings. The zero-order valence-electron chi connectivity index (χ0n) is 16.9. The van der Waals surface area contributed by atoms with E-state index >= 15 is 0 Å². The minimum atomic E-state index is -0.110. The SMILES string of the molecule is COCC(Cc1c[nH]c2ccccc12)NC(=O)c1cnc(N2CCN(C)CC2)s1. The molecule has 1 unspecified atom stereocenters. The number of fused-ring (bicyclic) bond motifs is 1. The average molecular weight is 414 g/mol. The third-order valence-corrected chi connectivity index (χ3v) is 6.39. The van der Waals surface area contributed by atoms with Crippen LogP contribution in [0, 0.1) is 0 Å². The van der Waals surface area contributed by atoms with Crippen LogP contribution < -0.4 is 10.2 Å². The Morgan fingerprint density at radius 2 is 2.10 bits per heavy atom. The maximum absolute atomic E-state index is 12.8. The molecule has 0 spiro atoms. The van der Waals surface area contributed by atoms with Crippen LogP contribution in [0.3, 0.4) is 0 Å². The number of methoxy groups -OCH3 is 1. The molecule has 1 fully saturated rings. The average Bonchev–Trinajstić information content (AvgIpc) is 3.37. The summed E-state index contributed by atoms with van der Waals surface area (Å²) in [6, 6.07) is 8.08. The van der Waals surface area contributed by atoms with Crippen LogP contribution in [0.4, 0.5) is 5.13 Å². The van der Waals surface area contributed by atoms with Gasteiger partial charge in [0.2, 0.25) is 0 Å². The van der Waals surface area contributed by atoms with Crippen LogP contribution in [0.1, 0.15) is 15.2 Å². The summed E-state index contributed by atoms with van der Waals surface area (Å²) in [6.45, 7) is 4.37. The van der Waals surface area contributed by atoms with Crippen LogP contribution in [0.5, 0.6) is 0 Å². The van der Waals surface area contributed by atoms with Crippen molar-refractivity contribution in [2.24, 2.45) is 0 Å². The van der Waals surface area contributed by atoms with Crippen molar-refractivity contribution in [3.8, 4) is 0 Å². The molecule has 0 aliphatic carbocycles. The molecule has 0 bridgehead atoms. The molecular formula is C21H27N5O2S. The number of thiazole rings is 1. The third-order valence-electron chi connectivity index (χ3n) is 5.34. The molecule has 1 aromatic carbocycles. The van der Waals surface area contributed by atoms with E-state index in [1.165, 1.54) is 22.3 Å². The number of aromatic nitrogens is 2. The van der Waals surface area contributed by atoms with E-state index in [2.05, 4.69) is 44.3 Å². The lowest BCUT2D eigenvalue weighted by Gasteiger charge is -2.32. The van der Waals surface area contributed by atoms with Crippen molar-refractivity contribution in [1.29, 1.82) is 0 Å². The van der Waals surface area contributed by atoms with Crippen molar-refractivity contribution in [3.05, 3.63) is 47.1 Å². The van der Waals surface area contributed by atoms with Crippen molar-refractivity contribution >= 4 is 33.3 Å². The van der Waals surface area contributed by atoms with Crippen LogP contribution in [0.2, 0.25) is 0 Å². The number of hydrogen-bond donors (Lipinski definition) is 2. The molecule has 29 heavy (non-hydrogen) atoms. The number of amides is 1. The van der Waals surface area contributed by atoms with Gasteiger partial charge in [-0.15, -0.1) is 0 Å². The lowest BCUT2D eigenvalue weighted by atomic mass is 10.1. The Morgan fingerprint density at radius 1 is 1.31 bits per heavy atom. The zero-order chi connectivity index (χ0) is 20.2. The molecule has 4 rings (SSSR count). The number of rotatable bonds is 7. The van der Waals surface area contributed by atoms with Gasteiger partial charge in [-0.2, -0.15) is 0 Å². The molecule has 1 amide bonds. The highest BCUT2D eigenvalue weighted by Gasteiger charge is 2.21. The smallest absolute Gasteiger partial charge is 0.263 e. The van der Waals surface area contributed by atoms with E-state index < -0.39 is 0 Å². The van der Waals surface area contributed by atoms with Crippen molar-refractivity contribution in [2.75, 3.05) is 51.8 Å². The second-order valence-electron chi connectivity index (χ2n) is 7.49. The van der Waals surface area contributed by atoms with Gasteiger partial charge in [-0.1, -0.05) is 29.5 Å². The first-order valence-electron chi connectivity index (χ1n) is 9.88. The number of para-hydroxylation sites is 1. The summed E-state index contributed by atoms with van der Waals surface area (Å²) in [5, 5.41) is 5.22. The minimum Gasteiger partial charge on any atom is -0.383 e. The monoisotopic (exact) mass is 413 g/mol. The summed E-state index contributed by atoms with van der Waals surface area (Å²) in [7, 11) is 3.79. The molecule has 0 saturated carbocycles. The van der Waals surface area contributed by atoms with Gasteiger partial charge < -0.3 is 24.8 Å². The fourth-order valence-electron chi connectivity index (χ4n) is 3.69. The highest BCUT2D eigenvalue weighted by molar-refractivity contribution is 7.17. The molecule has 0 radical (unpaired) electrons. The fourth-order valence-corrected chi connectivity index (χ4v) is 4.56. The summed E-state index contributed by atoms with van der Waals surface area (Å²) in [5.41, 5.74) is 2.27. The molecule has 1 aliphatic rings. The van der Waals surface area contributed by atoms with Crippen LogP contribution in [0.25, 0.3) is 10.9 Å². The Kier molecular flexibility index (Phi) is 6.13. The van der Waals surface area contributed by atoms with E-state index in [9.17, 15) is 4.79 Å². The molecular weight excluding hydrogens is 386 g/mol. The van der Waals surface area contributed by atoms with E-state index in [-0.39, 0.29) is 11.9 Å². The van der Waals surface area contributed by atoms with E-state index in [1.54, 1.807) is 13.3 Å². The Hall–Kier alpha value is -2.42. The molecule has 1 aliphatic heterocycles. The summed E-state index contributed by atoms with van der Waals surface area (Å²) in [4.78, 5) is 25.8. The number of nitrogens with one attached hydrogen (secondary N) is 2. The van der Waals surface area contributed by atoms with Crippen molar-refractivity contribution in [3.63, 3.8) is 0 Å². The van der Waals surface area contributed by atoms with E-state index in [0.29, 0.717) is 17.9 Å². The second-order valence-corrected chi connectivity index (χ2v) is 8.50. The zero-order valence-corrected chi connectivity index (χ0v) is 17.7. The first-order chi connectivity index (χ1) is 14.1. The normalized spacial score (nSPS) is 16.3. The molecule has 3 heterocycles. The number of aromatic amines is 1. The van der Waals surface area contributed by atoms with Crippen molar-refractivity contribution in [1.82, 2.24) is 20.2 Å². The Morgan fingerprint density at radius 3 is 2.90 bits per heavy atom.